The lowest BCUT2D eigenvalue weighted by atomic mass is 9.78. The van der Waals surface area contributed by atoms with E-state index in [0.29, 0.717) is 18.1 Å². The first kappa shape index (κ1) is 54.8. The maximum atomic E-state index is 14.4. The number of aliphatic hydroxyl groups is 2. The number of nitrogens with two attached hydrogens (primary N) is 1. The molecule has 4 aliphatic heterocycles. The number of benzene rings is 2. The zero-order chi connectivity index (χ0) is 51.9. The Morgan fingerprint density at radius 1 is 1.01 bits per heavy atom. The molecule has 5 heterocycles. The van der Waals surface area contributed by atoms with Crippen LogP contribution in [0, 0.1) is 30.6 Å². The number of phenolic OH excluding ortho intramolecular Hbond substituents is 3. The van der Waals surface area contributed by atoms with Crippen molar-refractivity contribution in [2.45, 2.75) is 98.9 Å². The lowest BCUT2D eigenvalue weighted by Crippen LogP contribution is -2.46. The highest BCUT2D eigenvalue weighted by Crippen LogP contribution is 2.55. The molecule has 1 amide bonds. The number of rotatable bonds is 6. The second-order valence-corrected chi connectivity index (χ2v) is 18.8. The number of ketones is 1. The van der Waals surface area contributed by atoms with Crippen LogP contribution in [-0.2, 0) is 30.2 Å². The Labute approximate surface area is 414 Å². The number of ether oxygens (including phenoxy) is 4. The Kier molecular flexibility index (Phi) is 18.2. The molecule has 3 aromatic rings. The molecule has 5 bridgehead atoms. The topological polar surface area (TPSA) is 259 Å². The number of aliphatic hydroxyl groups excluding tert-OH is 2. The summed E-state index contributed by atoms with van der Waals surface area (Å²) in [5, 5.41) is 66.8. The van der Waals surface area contributed by atoms with Gasteiger partial charge in [0.1, 0.15) is 28.3 Å². The van der Waals surface area contributed by atoms with Gasteiger partial charge < -0.3 is 60.4 Å². The average molecular weight is 989 g/mol. The van der Waals surface area contributed by atoms with Gasteiger partial charge in [0.2, 0.25) is 0 Å². The number of anilines is 1. The lowest BCUT2D eigenvalue weighted by molar-refractivity contribution is -0.160. The van der Waals surface area contributed by atoms with Crippen LogP contribution < -0.4 is 15.8 Å². The minimum absolute atomic E-state index is 0.0559. The molecule has 70 heavy (non-hydrogen) atoms. The van der Waals surface area contributed by atoms with Crippen LogP contribution in [0.3, 0.4) is 0 Å². The number of hydrazone groups is 1. The molecule has 1 aromatic heterocycles. The van der Waals surface area contributed by atoms with E-state index >= 15 is 0 Å². The molecule has 0 spiro atoms. The lowest BCUT2D eigenvalue weighted by Gasteiger charge is -2.38. The van der Waals surface area contributed by atoms with Crippen molar-refractivity contribution in [3.05, 3.63) is 82.4 Å². The van der Waals surface area contributed by atoms with Gasteiger partial charge in [0, 0.05) is 105 Å². The summed E-state index contributed by atoms with van der Waals surface area (Å²) < 4.78 is 23.6. The number of piperazine rings is 1. The van der Waals surface area contributed by atoms with Crippen LogP contribution in [0.15, 0.2) is 59.6 Å². The third kappa shape index (κ3) is 11.9. The Morgan fingerprint density at radius 3 is 2.30 bits per heavy atom. The van der Waals surface area contributed by atoms with E-state index in [1.807, 2.05) is 26.1 Å². The SMILES string of the molecule is CCc1cc(C(N)=S)ccn1.CO[C@H]1/C=C/O[C@@]2(C)Oc3c(C)c(O)c4c(O)c(c(/C=N\N5CCN(C)CC5)c(O)c4c3C2=O)NC(=O)/C(C)=C\C=C\[C@H](C)[C@H](O)[C@@H](C)[C@@H](O)[C@@H](C)[C@H](OC(C)=O)[C@@H]1C. The average Bonchev–Trinajstić information content (AvgIpc) is 3.60. The van der Waals surface area contributed by atoms with Crippen LogP contribution in [-0.4, -0.2) is 140 Å². The van der Waals surface area contributed by atoms with Crippen molar-refractivity contribution in [3.8, 4) is 23.0 Å². The largest absolute Gasteiger partial charge is 0.507 e. The number of aromatic nitrogens is 1. The molecule has 0 saturated carbocycles. The molecule has 2 aromatic carbocycles. The van der Waals surface area contributed by atoms with Crippen molar-refractivity contribution >= 4 is 57.5 Å². The highest BCUT2D eigenvalue weighted by molar-refractivity contribution is 7.80. The number of allylic oxidation sites excluding steroid dienone is 2. The maximum absolute atomic E-state index is 14.4. The van der Waals surface area contributed by atoms with Crippen molar-refractivity contribution in [1.82, 2.24) is 14.9 Å². The molecule has 8 N–H and O–H groups in total. The summed E-state index contributed by atoms with van der Waals surface area (Å²) in [7, 11) is 3.42. The Morgan fingerprint density at radius 2 is 1.69 bits per heavy atom. The fourth-order valence-corrected chi connectivity index (χ4v) is 8.88. The highest BCUT2D eigenvalue weighted by atomic mass is 32.1. The van der Waals surface area contributed by atoms with E-state index in [9.17, 15) is 39.9 Å². The normalized spacial score (nSPS) is 28.5. The first-order valence-corrected chi connectivity index (χ1v) is 23.7. The summed E-state index contributed by atoms with van der Waals surface area (Å²) in [4.78, 5) is 47.2. The number of aromatic hydroxyl groups is 3. The number of esters is 1. The first-order valence-electron chi connectivity index (χ1n) is 23.3. The quantitative estimate of drug-likeness (QED) is 0.0520. The third-order valence-electron chi connectivity index (χ3n) is 13.3. The van der Waals surface area contributed by atoms with Gasteiger partial charge in [-0.3, -0.25) is 24.4 Å². The van der Waals surface area contributed by atoms with Crippen LogP contribution in [0.25, 0.3) is 10.8 Å². The Bertz CT molecular complexity index is 2570. The summed E-state index contributed by atoms with van der Waals surface area (Å²) in [5.74, 6) is -8.34. The fourth-order valence-electron chi connectivity index (χ4n) is 8.75. The summed E-state index contributed by atoms with van der Waals surface area (Å²) in [6, 6.07) is 3.74. The molecule has 4 aliphatic rings. The number of phenols is 3. The predicted octanol–water partition coefficient (Wildman–Crippen LogP) is 5.61. The number of nitrogens with one attached hydrogen (secondary N) is 1. The number of aryl methyl sites for hydroxylation is 1. The van der Waals surface area contributed by atoms with Gasteiger partial charge in [-0.25, -0.2) is 0 Å². The van der Waals surface area contributed by atoms with Crippen LogP contribution in [0.1, 0.15) is 88.1 Å². The number of hydrogen-bond donors (Lipinski definition) is 7. The molecule has 19 heteroatoms. The molecule has 0 unspecified atom stereocenters. The number of thiocarbonyl (C=S) groups is 1. The smallest absolute Gasteiger partial charge is 0.312 e. The molecule has 9 atom stereocenters. The molecule has 1 fully saturated rings. The van der Waals surface area contributed by atoms with Crippen molar-refractivity contribution in [2.24, 2.45) is 34.5 Å². The molecule has 18 nitrogen and oxygen atoms in total. The number of hydrogen-bond acceptors (Lipinski definition) is 17. The predicted molar refractivity (Wildman–Crippen MR) is 270 cm³/mol. The van der Waals surface area contributed by atoms with Gasteiger partial charge >= 0.3 is 11.8 Å². The molecule has 380 valence electrons. The summed E-state index contributed by atoms with van der Waals surface area (Å²) in [5.41, 5.74) is 7.01. The van der Waals surface area contributed by atoms with Gasteiger partial charge in [0.05, 0.1) is 53.0 Å². The molecule has 0 aliphatic carbocycles. The van der Waals surface area contributed by atoms with Gasteiger partial charge in [-0.05, 0) is 45.5 Å². The van der Waals surface area contributed by atoms with Gasteiger partial charge in [-0.1, -0.05) is 65.1 Å². The van der Waals surface area contributed by atoms with E-state index in [0.717, 1.165) is 30.8 Å². The second-order valence-electron chi connectivity index (χ2n) is 18.4. The van der Waals surface area contributed by atoms with Gasteiger partial charge in [-0.15, -0.1) is 0 Å². The van der Waals surface area contributed by atoms with Gasteiger partial charge in [-0.2, -0.15) is 5.10 Å². The molecule has 0 radical (unpaired) electrons. The first-order chi connectivity index (χ1) is 33.0. The fraction of sp³-hybridized carbons (Fsp3) is 0.490. The number of fused-ring (bicyclic) bond motifs is 14. The van der Waals surface area contributed by atoms with Crippen molar-refractivity contribution in [2.75, 3.05) is 45.7 Å². The number of carbonyl (C=O) groups is 3. The van der Waals surface area contributed by atoms with Crippen LogP contribution >= 0.6 is 12.2 Å². The third-order valence-corrected chi connectivity index (χ3v) is 13.6. The van der Waals surface area contributed by atoms with Crippen LogP contribution in [0.2, 0.25) is 0 Å². The van der Waals surface area contributed by atoms with Crippen molar-refractivity contribution in [3.63, 3.8) is 0 Å². The second kappa shape index (κ2) is 23.2. The molecule has 7 rings (SSSR count). The number of carbonyl (C=O) groups excluding carboxylic acids is 3. The van der Waals surface area contributed by atoms with E-state index in [-0.39, 0.29) is 44.5 Å². The molecule has 1 saturated heterocycles. The molecular formula is C51H68N6O12S. The summed E-state index contributed by atoms with van der Waals surface area (Å²) >= 11 is 4.82. The number of likely N-dealkylation sites (N-methyl/N-ethyl adjacent to an activating group) is 1. The van der Waals surface area contributed by atoms with E-state index in [1.54, 1.807) is 51.1 Å². The zero-order valence-corrected chi connectivity index (χ0v) is 42.5. The number of pyridine rings is 1. The van der Waals surface area contributed by atoms with Crippen LogP contribution in [0.4, 0.5) is 5.69 Å². The highest BCUT2D eigenvalue weighted by Gasteiger charge is 2.50. The number of Topliss-reactive ketones (excluding diaryl/α,β-unsaturated/α-hetero) is 1. The molecular weight excluding hydrogens is 921 g/mol. The van der Waals surface area contributed by atoms with Crippen molar-refractivity contribution in [1.29, 1.82) is 0 Å². The van der Waals surface area contributed by atoms with E-state index in [4.69, 9.17) is 36.9 Å². The number of methoxy groups -OCH3 is 1. The number of nitrogens with zero attached hydrogens (tertiary/aromatic N) is 4. The van der Waals surface area contributed by atoms with E-state index in [1.165, 1.54) is 59.4 Å². The van der Waals surface area contributed by atoms with Gasteiger partial charge in [0.25, 0.3) is 11.7 Å². The van der Waals surface area contributed by atoms with Crippen molar-refractivity contribution < 1.29 is 58.9 Å². The van der Waals surface area contributed by atoms with E-state index in [2.05, 4.69) is 20.3 Å². The minimum Gasteiger partial charge on any atom is -0.507 e. The van der Waals surface area contributed by atoms with Crippen LogP contribution in [0.5, 0.6) is 23.0 Å². The summed E-state index contributed by atoms with van der Waals surface area (Å²) in [6.45, 7) is 17.1. The monoisotopic (exact) mass is 988 g/mol. The Hall–Kier alpha value is -6.12. The zero-order valence-electron chi connectivity index (χ0n) is 41.7. The van der Waals surface area contributed by atoms with Gasteiger partial charge in [0.15, 0.2) is 5.75 Å². The standard InChI is InChI=1S/C43H58N4O12.C8H10N2S/c1-21-12-11-13-22(2)42(55)45-33-28(20-44-47-17-15-46(9)16-18-47)37(52)30-31(38(33)53)36(51)26(6)40-32(30)41(54)43(8,59-40)57-19-14-29(56-10)23(3)39(58-27(7)48)25(5)35(50)24(4)34(21)49;1-2-7-5-6(8(9)11)3-4-10-7/h11-14,19-21,23-25,29,34-35,39,49-53H,15-18H2,1-10H3,(H,45,55);3-5H,2H2,1H3,(H2,9,11)/b12-11+,19-14+,22-13-,44-20-;/t21-,23+,24+,25+,29-,34-,35+,39+,43-;/m0./s1. The number of amides is 1. The maximum Gasteiger partial charge on any atom is 0.312 e. The Balaban J connectivity index is 0.000000729. The summed E-state index contributed by atoms with van der Waals surface area (Å²) in [6.07, 6.45) is 7.50. The minimum atomic E-state index is -2.04. The van der Waals surface area contributed by atoms with E-state index < -0.39 is 88.8 Å².